The predicted molar refractivity (Wildman–Crippen MR) is 111 cm³/mol. The Morgan fingerprint density at radius 1 is 1.14 bits per heavy atom. The Balaban J connectivity index is 1.59. The third-order valence-corrected chi connectivity index (χ3v) is 5.28. The second kappa shape index (κ2) is 8.93. The van der Waals surface area contributed by atoms with Crippen LogP contribution in [0, 0.1) is 0 Å². The zero-order valence-corrected chi connectivity index (χ0v) is 17.2. The van der Waals surface area contributed by atoms with Crippen molar-refractivity contribution in [3.05, 3.63) is 47.7 Å². The van der Waals surface area contributed by atoms with Crippen molar-refractivity contribution in [2.75, 3.05) is 26.2 Å². The molecule has 1 fully saturated rings. The fraction of sp³-hybridized carbons (Fsp3) is 0.522. The third kappa shape index (κ3) is 5.03. The van der Waals surface area contributed by atoms with Gasteiger partial charge in [0, 0.05) is 25.3 Å². The molecule has 5 heteroatoms. The lowest BCUT2D eigenvalue weighted by Gasteiger charge is -2.31. The topological polar surface area (TPSA) is 68.7 Å². The molecule has 152 valence electrons. The summed E-state index contributed by atoms with van der Waals surface area (Å²) in [6.45, 7) is 9.32. The lowest BCUT2D eigenvalue weighted by Crippen LogP contribution is -2.40. The van der Waals surface area contributed by atoms with Crippen LogP contribution >= 0.6 is 0 Å². The van der Waals surface area contributed by atoms with Gasteiger partial charge in [0.05, 0.1) is 6.10 Å². The average Bonchev–Trinajstić information content (AvgIpc) is 3.18. The highest BCUT2D eigenvalue weighted by molar-refractivity contribution is 5.92. The number of rotatable bonds is 6. The van der Waals surface area contributed by atoms with E-state index in [-0.39, 0.29) is 17.4 Å². The second-order valence-electron chi connectivity index (χ2n) is 8.50. The lowest BCUT2D eigenvalue weighted by atomic mass is 9.86. The molecule has 0 radical (unpaired) electrons. The summed E-state index contributed by atoms with van der Waals surface area (Å²) in [5.41, 5.74) is 7.87. The van der Waals surface area contributed by atoms with Gasteiger partial charge >= 0.3 is 0 Å². The molecular weight excluding hydrogens is 352 g/mol. The monoisotopic (exact) mass is 384 g/mol. The number of ether oxygens (including phenoxy) is 1. The molecule has 1 aliphatic heterocycles. The normalized spacial score (nSPS) is 15.8. The van der Waals surface area contributed by atoms with Crippen LogP contribution in [0.1, 0.15) is 56.2 Å². The molecule has 5 nitrogen and oxygen atoms in total. The highest BCUT2D eigenvalue weighted by Gasteiger charge is 2.26. The van der Waals surface area contributed by atoms with Gasteiger partial charge in [0.1, 0.15) is 5.76 Å². The Morgan fingerprint density at radius 3 is 2.43 bits per heavy atom. The van der Waals surface area contributed by atoms with E-state index >= 15 is 0 Å². The summed E-state index contributed by atoms with van der Waals surface area (Å²) in [5, 5.41) is 0. The minimum absolute atomic E-state index is 0.0435. The number of amides is 1. The molecule has 2 heterocycles. The van der Waals surface area contributed by atoms with E-state index in [0.717, 1.165) is 30.6 Å². The van der Waals surface area contributed by atoms with Crippen LogP contribution in [0.25, 0.3) is 11.3 Å². The summed E-state index contributed by atoms with van der Waals surface area (Å²) in [4.78, 5) is 14.6. The zero-order valence-electron chi connectivity index (χ0n) is 17.2. The van der Waals surface area contributed by atoms with Gasteiger partial charge in [0.2, 0.25) is 0 Å². The standard InChI is InChI=1S/C23H32N2O3/c1-23(2,3)18-7-5-17(6-8-18)20-9-10-21(28-20)22(26)25-14-11-19(12-15-25)27-16-4-13-24/h5-10,19H,4,11-16,24H2,1-3H3. The molecule has 2 aromatic rings. The van der Waals surface area contributed by atoms with Gasteiger partial charge in [-0.2, -0.15) is 0 Å². The molecule has 0 bridgehead atoms. The first kappa shape index (κ1) is 20.6. The number of carbonyl (C=O) groups excluding carboxylic acids is 1. The average molecular weight is 385 g/mol. The molecule has 1 aromatic carbocycles. The minimum atomic E-state index is -0.0435. The maximum absolute atomic E-state index is 12.8. The Morgan fingerprint density at radius 2 is 1.82 bits per heavy atom. The third-order valence-electron chi connectivity index (χ3n) is 5.28. The van der Waals surface area contributed by atoms with E-state index in [9.17, 15) is 4.79 Å². The molecule has 0 unspecified atom stereocenters. The van der Waals surface area contributed by atoms with Crippen molar-refractivity contribution in [1.29, 1.82) is 0 Å². The Hall–Kier alpha value is -2.11. The molecule has 1 saturated heterocycles. The number of likely N-dealkylation sites (tertiary alicyclic amines) is 1. The van der Waals surface area contributed by atoms with Gasteiger partial charge in [-0.1, -0.05) is 45.0 Å². The first-order valence-corrected chi connectivity index (χ1v) is 10.2. The summed E-state index contributed by atoms with van der Waals surface area (Å²) in [5.74, 6) is 1.08. The molecule has 0 saturated carbocycles. The van der Waals surface area contributed by atoms with Crippen LogP contribution in [0.15, 0.2) is 40.8 Å². The smallest absolute Gasteiger partial charge is 0.289 e. The molecule has 0 atom stereocenters. The lowest BCUT2D eigenvalue weighted by molar-refractivity contribution is 0.00766. The number of piperidine rings is 1. The van der Waals surface area contributed by atoms with E-state index < -0.39 is 0 Å². The zero-order chi connectivity index (χ0) is 20.1. The van der Waals surface area contributed by atoms with Crippen molar-refractivity contribution in [2.45, 2.75) is 51.6 Å². The van der Waals surface area contributed by atoms with E-state index in [1.54, 1.807) is 6.07 Å². The van der Waals surface area contributed by atoms with Gasteiger partial charge in [0.15, 0.2) is 5.76 Å². The van der Waals surface area contributed by atoms with Crippen molar-refractivity contribution in [3.8, 4) is 11.3 Å². The largest absolute Gasteiger partial charge is 0.451 e. The SMILES string of the molecule is CC(C)(C)c1ccc(-c2ccc(C(=O)N3CCC(OCCCN)CC3)o2)cc1. The highest BCUT2D eigenvalue weighted by atomic mass is 16.5. The first-order chi connectivity index (χ1) is 13.4. The number of nitrogens with zero attached hydrogens (tertiary/aromatic N) is 1. The van der Waals surface area contributed by atoms with Crippen LogP contribution in [0.3, 0.4) is 0 Å². The van der Waals surface area contributed by atoms with Crippen molar-refractivity contribution >= 4 is 5.91 Å². The Labute approximate surface area is 167 Å². The van der Waals surface area contributed by atoms with Crippen LogP contribution in [0.2, 0.25) is 0 Å². The van der Waals surface area contributed by atoms with Crippen molar-refractivity contribution in [2.24, 2.45) is 5.73 Å². The molecule has 0 aliphatic carbocycles. The number of hydrogen-bond donors (Lipinski definition) is 1. The summed E-state index contributed by atoms with van der Waals surface area (Å²) in [6, 6.07) is 12.0. The van der Waals surface area contributed by atoms with E-state index in [1.807, 2.05) is 11.0 Å². The molecular formula is C23H32N2O3. The van der Waals surface area contributed by atoms with E-state index in [1.165, 1.54) is 5.56 Å². The van der Waals surface area contributed by atoms with Crippen molar-refractivity contribution in [3.63, 3.8) is 0 Å². The molecule has 3 rings (SSSR count). The summed E-state index contributed by atoms with van der Waals surface area (Å²) in [6.07, 6.45) is 2.82. The maximum atomic E-state index is 12.8. The number of carbonyl (C=O) groups is 1. The van der Waals surface area contributed by atoms with Crippen LogP contribution in [-0.4, -0.2) is 43.2 Å². The molecule has 1 aliphatic rings. The van der Waals surface area contributed by atoms with Crippen LogP contribution in [0.5, 0.6) is 0 Å². The quantitative estimate of drug-likeness (QED) is 0.758. The second-order valence-corrected chi connectivity index (χ2v) is 8.50. The van der Waals surface area contributed by atoms with Crippen molar-refractivity contribution in [1.82, 2.24) is 4.90 Å². The van der Waals surface area contributed by atoms with Crippen LogP contribution in [-0.2, 0) is 10.2 Å². The minimum Gasteiger partial charge on any atom is -0.451 e. The first-order valence-electron chi connectivity index (χ1n) is 10.2. The van der Waals surface area contributed by atoms with Crippen LogP contribution < -0.4 is 5.73 Å². The van der Waals surface area contributed by atoms with Gasteiger partial charge in [-0.05, 0) is 48.9 Å². The fourth-order valence-electron chi connectivity index (χ4n) is 3.46. The number of furan rings is 1. The van der Waals surface area contributed by atoms with Gasteiger partial charge < -0.3 is 19.8 Å². The highest BCUT2D eigenvalue weighted by Crippen LogP contribution is 2.28. The van der Waals surface area contributed by atoms with Gasteiger partial charge in [-0.3, -0.25) is 4.79 Å². The molecule has 1 amide bonds. The number of benzene rings is 1. The fourth-order valence-corrected chi connectivity index (χ4v) is 3.46. The van der Waals surface area contributed by atoms with Gasteiger partial charge in [-0.25, -0.2) is 0 Å². The summed E-state index contributed by atoms with van der Waals surface area (Å²) < 4.78 is 11.7. The number of nitrogens with two attached hydrogens (primary N) is 1. The van der Waals surface area contributed by atoms with E-state index in [4.69, 9.17) is 14.9 Å². The summed E-state index contributed by atoms with van der Waals surface area (Å²) in [7, 11) is 0. The van der Waals surface area contributed by atoms with Crippen LogP contribution in [0.4, 0.5) is 0 Å². The Bertz CT molecular complexity index is 766. The van der Waals surface area contributed by atoms with Crippen molar-refractivity contribution < 1.29 is 13.9 Å². The van der Waals surface area contributed by atoms with E-state index in [0.29, 0.717) is 32.0 Å². The Kier molecular flexibility index (Phi) is 6.57. The predicted octanol–water partition coefficient (Wildman–Crippen LogP) is 4.21. The number of hydrogen-bond acceptors (Lipinski definition) is 4. The summed E-state index contributed by atoms with van der Waals surface area (Å²) >= 11 is 0. The molecule has 0 spiro atoms. The molecule has 28 heavy (non-hydrogen) atoms. The molecule has 1 aromatic heterocycles. The molecule has 2 N–H and O–H groups in total. The maximum Gasteiger partial charge on any atom is 0.289 e. The van der Waals surface area contributed by atoms with Gasteiger partial charge in [-0.15, -0.1) is 0 Å². The van der Waals surface area contributed by atoms with E-state index in [2.05, 4.69) is 45.0 Å². The van der Waals surface area contributed by atoms with Gasteiger partial charge in [0.25, 0.3) is 5.91 Å².